The topological polar surface area (TPSA) is 64.7 Å². The standard InChI is InChI=1S/C23H23N3O3/c1-29-18-12-10-17(11-13-18)16-24-22(27)9-5-15-26-20-7-3-2-6-19(20)25-14-4-8-21(25)23(26)28/h2-4,6-8,10-14H,5,9,15-16H2,1H3,(H,24,27). The minimum Gasteiger partial charge on any atom is -0.497 e. The van der Waals surface area contributed by atoms with Crippen LogP contribution < -0.4 is 15.6 Å². The fraction of sp³-hybridized carbons (Fsp3) is 0.217. The van der Waals surface area contributed by atoms with Crippen LogP contribution in [0.2, 0.25) is 0 Å². The summed E-state index contributed by atoms with van der Waals surface area (Å²) in [5, 5.41) is 2.93. The third kappa shape index (κ3) is 3.87. The third-order valence-electron chi connectivity index (χ3n) is 5.08. The van der Waals surface area contributed by atoms with Crippen molar-refractivity contribution in [3.05, 3.63) is 82.8 Å². The van der Waals surface area contributed by atoms with Gasteiger partial charge in [-0.3, -0.25) is 9.59 Å². The van der Waals surface area contributed by atoms with Crippen molar-refractivity contribution in [3.63, 3.8) is 0 Å². The van der Waals surface area contributed by atoms with Gasteiger partial charge in [0, 0.05) is 25.7 Å². The summed E-state index contributed by atoms with van der Waals surface area (Å²) < 4.78 is 8.81. The number of methoxy groups -OCH3 is 1. The van der Waals surface area contributed by atoms with Crippen molar-refractivity contribution in [1.82, 2.24) is 14.3 Å². The molecule has 4 rings (SSSR count). The molecule has 0 spiro atoms. The van der Waals surface area contributed by atoms with Crippen molar-refractivity contribution in [2.24, 2.45) is 0 Å². The largest absolute Gasteiger partial charge is 0.497 e. The first kappa shape index (κ1) is 18.8. The molecule has 148 valence electrons. The maximum absolute atomic E-state index is 12.9. The third-order valence-corrected chi connectivity index (χ3v) is 5.08. The molecule has 0 radical (unpaired) electrons. The van der Waals surface area contributed by atoms with E-state index in [0.29, 0.717) is 31.4 Å². The van der Waals surface area contributed by atoms with E-state index < -0.39 is 0 Å². The number of aryl methyl sites for hydroxylation is 1. The Labute approximate surface area is 168 Å². The van der Waals surface area contributed by atoms with E-state index in [9.17, 15) is 9.59 Å². The molecule has 2 heterocycles. The Morgan fingerprint density at radius 1 is 0.966 bits per heavy atom. The summed E-state index contributed by atoms with van der Waals surface area (Å²) in [6.45, 7) is 0.971. The molecular formula is C23H23N3O3. The second-order valence-electron chi connectivity index (χ2n) is 6.94. The van der Waals surface area contributed by atoms with Crippen LogP contribution in [0.15, 0.2) is 71.7 Å². The smallest absolute Gasteiger partial charge is 0.275 e. The summed E-state index contributed by atoms with van der Waals surface area (Å²) >= 11 is 0. The lowest BCUT2D eigenvalue weighted by Crippen LogP contribution is -2.25. The number of benzene rings is 2. The molecule has 0 aliphatic carbocycles. The molecule has 0 aliphatic rings. The molecule has 4 aromatic rings. The van der Waals surface area contributed by atoms with E-state index in [1.807, 2.05) is 71.3 Å². The van der Waals surface area contributed by atoms with E-state index in [1.165, 1.54) is 0 Å². The molecule has 6 nitrogen and oxygen atoms in total. The van der Waals surface area contributed by atoms with Gasteiger partial charge in [-0.1, -0.05) is 24.3 Å². The molecule has 0 saturated heterocycles. The normalized spacial score (nSPS) is 11.1. The van der Waals surface area contributed by atoms with Gasteiger partial charge in [0.2, 0.25) is 5.91 Å². The molecule has 6 heteroatoms. The number of para-hydroxylation sites is 2. The van der Waals surface area contributed by atoms with E-state index in [2.05, 4.69) is 5.32 Å². The number of amides is 1. The van der Waals surface area contributed by atoms with Crippen molar-refractivity contribution < 1.29 is 9.53 Å². The molecule has 0 unspecified atom stereocenters. The second-order valence-corrected chi connectivity index (χ2v) is 6.94. The van der Waals surface area contributed by atoms with E-state index in [-0.39, 0.29) is 11.5 Å². The van der Waals surface area contributed by atoms with Crippen molar-refractivity contribution >= 4 is 22.5 Å². The minimum atomic E-state index is -0.0349. The fourth-order valence-electron chi connectivity index (χ4n) is 3.56. The number of ether oxygens (including phenoxy) is 1. The number of hydrogen-bond acceptors (Lipinski definition) is 3. The van der Waals surface area contributed by atoms with Crippen LogP contribution in [-0.2, 0) is 17.9 Å². The highest BCUT2D eigenvalue weighted by Gasteiger charge is 2.10. The maximum atomic E-state index is 12.9. The average molecular weight is 389 g/mol. The SMILES string of the molecule is COc1ccc(CNC(=O)CCCn2c(=O)c3cccn3c3ccccc32)cc1. The summed E-state index contributed by atoms with van der Waals surface area (Å²) in [5.74, 6) is 0.764. The van der Waals surface area contributed by atoms with Crippen LogP contribution in [0.1, 0.15) is 18.4 Å². The van der Waals surface area contributed by atoms with Gasteiger partial charge in [0.1, 0.15) is 11.3 Å². The van der Waals surface area contributed by atoms with Gasteiger partial charge in [0.15, 0.2) is 0 Å². The van der Waals surface area contributed by atoms with Crippen LogP contribution in [0.4, 0.5) is 0 Å². The highest BCUT2D eigenvalue weighted by molar-refractivity contribution is 5.79. The first-order chi connectivity index (χ1) is 14.2. The van der Waals surface area contributed by atoms with Crippen LogP contribution in [0.5, 0.6) is 5.75 Å². The van der Waals surface area contributed by atoms with E-state index in [4.69, 9.17) is 4.74 Å². The molecule has 0 bridgehead atoms. The Morgan fingerprint density at radius 3 is 2.45 bits per heavy atom. The van der Waals surface area contributed by atoms with Crippen LogP contribution in [0, 0.1) is 0 Å². The predicted octanol–water partition coefficient (Wildman–Crippen LogP) is 3.36. The van der Waals surface area contributed by atoms with Gasteiger partial charge >= 0.3 is 0 Å². The Kier molecular flexibility index (Phi) is 5.33. The Hall–Kier alpha value is -3.54. The van der Waals surface area contributed by atoms with Crippen molar-refractivity contribution in [2.75, 3.05) is 7.11 Å². The zero-order valence-corrected chi connectivity index (χ0v) is 16.3. The van der Waals surface area contributed by atoms with Crippen molar-refractivity contribution in [3.8, 4) is 5.75 Å². The molecule has 1 amide bonds. The van der Waals surface area contributed by atoms with Gasteiger partial charge < -0.3 is 19.0 Å². The van der Waals surface area contributed by atoms with Crippen molar-refractivity contribution in [2.45, 2.75) is 25.9 Å². The number of carbonyl (C=O) groups excluding carboxylic acids is 1. The molecule has 0 atom stereocenters. The Morgan fingerprint density at radius 2 is 1.69 bits per heavy atom. The van der Waals surface area contributed by atoms with Crippen LogP contribution in [0.25, 0.3) is 16.6 Å². The Balaban J connectivity index is 1.41. The van der Waals surface area contributed by atoms with Gasteiger partial charge in [-0.25, -0.2) is 0 Å². The molecule has 0 fully saturated rings. The highest BCUT2D eigenvalue weighted by Crippen LogP contribution is 2.15. The number of hydrogen-bond donors (Lipinski definition) is 1. The molecule has 1 N–H and O–H groups in total. The van der Waals surface area contributed by atoms with Gasteiger partial charge in [-0.05, 0) is 48.4 Å². The van der Waals surface area contributed by atoms with Crippen LogP contribution in [-0.4, -0.2) is 22.0 Å². The maximum Gasteiger partial charge on any atom is 0.275 e. The summed E-state index contributed by atoms with van der Waals surface area (Å²) in [4.78, 5) is 25.1. The molecule has 0 aliphatic heterocycles. The summed E-state index contributed by atoms with van der Waals surface area (Å²) in [5.41, 5.74) is 3.48. The van der Waals surface area contributed by atoms with Crippen LogP contribution >= 0.6 is 0 Å². The van der Waals surface area contributed by atoms with Gasteiger partial charge in [0.25, 0.3) is 5.56 Å². The fourth-order valence-corrected chi connectivity index (χ4v) is 3.56. The van der Waals surface area contributed by atoms with Gasteiger partial charge in [-0.15, -0.1) is 0 Å². The molecule has 2 aromatic carbocycles. The lowest BCUT2D eigenvalue weighted by atomic mass is 10.2. The molecule has 29 heavy (non-hydrogen) atoms. The van der Waals surface area contributed by atoms with Crippen LogP contribution in [0.3, 0.4) is 0 Å². The number of carbonyl (C=O) groups is 1. The summed E-state index contributed by atoms with van der Waals surface area (Å²) in [6, 6.07) is 19.1. The number of fused-ring (bicyclic) bond motifs is 3. The predicted molar refractivity (Wildman–Crippen MR) is 113 cm³/mol. The lowest BCUT2D eigenvalue weighted by molar-refractivity contribution is -0.121. The van der Waals surface area contributed by atoms with E-state index in [0.717, 1.165) is 22.3 Å². The summed E-state index contributed by atoms with van der Waals surface area (Å²) in [7, 11) is 1.62. The highest BCUT2D eigenvalue weighted by atomic mass is 16.5. The average Bonchev–Trinajstić information content (AvgIpc) is 3.25. The van der Waals surface area contributed by atoms with Crippen molar-refractivity contribution in [1.29, 1.82) is 0 Å². The number of aromatic nitrogens is 2. The zero-order chi connectivity index (χ0) is 20.2. The molecule has 0 saturated carbocycles. The number of nitrogens with zero attached hydrogens (tertiary/aromatic N) is 2. The quantitative estimate of drug-likeness (QED) is 0.527. The molecular weight excluding hydrogens is 366 g/mol. The minimum absolute atomic E-state index is 0.0260. The first-order valence-corrected chi connectivity index (χ1v) is 9.65. The summed E-state index contributed by atoms with van der Waals surface area (Å²) in [6.07, 6.45) is 2.86. The zero-order valence-electron chi connectivity index (χ0n) is 16.3. The monoisotopic (exact) mass is 389 g/mol. The first-order valence-electron chi connectivity index (χ1n) is 9.65. The second kappa shape index (κ2) is 8.22. The van der Waals surface area contributed by atoms with E-state index >= 15 is 0 Å². The van der Waals surface area contributed by atoms with Gasteiger partial charge in [0.05, 0.1) is 18.1 Å². The lowest BCUT2D eigenvalue weighted by Gasteiger charge is -2.12. The number of nitrogens with one attached hydrogen (secondary N) is 1. The Bertz CT molecular complexity index is 1210. The molecule has 2 aromatic heterocycles. The van der Waals surface area contributed by atoms with Gasteiger partial charge in [-0.2, -0.15) is 0 Å². The van der Waals surface area contributed by atoms with E-state index in [1.54, 1.807) is 11.7 Å². The number of rotatable bonds is 7.